The molecule has 2 fully saturated rings. The molecule has 0 aliphatic carbocycles. The predicted molar refractivity (Wildman–Crippen MR) is 130 cm³/mol. The highest BCUT2D eigenvalue weighted by Gasteiger charge is 2.28. The molecular weight excluding hydrogens is 441 g/mol. The molecule has 2 aliphatic heterocycles. The molecule has 7 nitrogen and oxygen atoms in total. The maximum atomic E-state index is 13.9. The number of nitrogens with zero attached hydrogens (tertiary/aromatic N) is 7. The minimum absolute atomic E-state index is 0.181. The van der Waals surface area contributed by atoms with Crippen molar-refractivity contribution >= 4 is 29.2 Å². The molecule has 0 N–H and O–H groups in total. The largest absolute Gasteiger partial charge is 0.350 e. The first kappa shape index (κ1) is 21.8. The molecule has 172 valence electrons. The first-order chi connectivity index (χ1) is 16.0. The molecule has 5 rings (SSSR count). The first-order valence-electron chi connectivity index (χ1n) is 11.4. The van der Waals surface area contributed by atoms with Crippen molar-refractivity contribution in [3.05, 3.63) is 53.2 Å². The Morgan fingerprint density at radius 3 is 2.48 bits per heavy atom. The third-order valence-corrected chi connectivity index (χ3v) is 6.67. The highest BCUT2D eigenvalue weighted by molar-refractivity contribution is 6.31. The van der Waals surface area contributed by atoms with E-state index in [1.54, 1.807) is 25.4 Å². The zero-order chi connectivity index (χ0) is 22.9. The van der Waals surface area contributed by atoms with Gasteiger partial charge in [0.1, 0.15) is 11.6 Å². The molecule has 0 saturated carbocycles. The third kappa shape index (κ3) is 4.44. The van der Waals surface area contributed by atoms with Gasteiger partial charge in [-0.1, -0.05) is 11.6 Å². The van der Waals surface area contributed by atoms with Gasteiger partial charge in [-0.25, -0.2) is 19.3 Å². The van der Waals surface area contributed by atoms with Crippen LogP contribution in [0.4, 0.5) is 22.0 Å². The van der Waals surface area contributed by atoms with Gasteiger partial charge in [-0.05, 0) is 50.5 Å². The minimum Gasteiger partial charge on any atom is -0.350 e. The van der Waals surface area contributed by atoms with Gasteiger partial charge >= 0.3 is 0 Å². The Morgan fingerprint density at radius 2 is 1.76 bits per heavy atom. The maximum absolute atomic E-state index is 13.9. The Kier molecular flexibility index (Phi) is 6.01. The van der Waals surface area contributed by atoms with Crippen molar-refractivity contribution in [2.24, 2.45) is 0 Å². The monoisotopic (exact) mass is 467 g/mol. The SMILES string of the molecule is Cc1cc(-c2cc(N3CCN(c4nccnc4Cl)C[C@H]3C)nc(N3CCCC3)n2)ccc1F. The highest BCUT2D eigenvalue weighted by Crippen LogP contribution is 2.30. The van der Waals surface area contributed by atoms with E-state index in [0.717, 1.165) is 68.6 Å². The smallest absolute Gasteiger partial charge is 0.227 e. The lowest BCUT2D eigenvalue weighted by Crippen LogP contribution is -2.52. The third-order valence-electron chi connectivity index (χ3n) is 6.40. The first-order valence-corrected chi connectivity index (χ1v) is 11.8. The Labute approximate surface area is 198 Å². The Morgan fingerprint density at radius 1 is 0.970 bits per heavy atom. The lowest BCUT2D eigenvalue weighted by Gasteiger charge is -2.41. The highest BCUT2D eigenvalue weighted by atomic mass is 35.5. The van der Waals surface area contributed by atoms with E-state index in [9.17, 15) is 4.39 Å². The average Bonchev–Trinajstić information content (AvgIpc) is 3.36. The van der Waals surface area contributed by atoms with Crippen molar-refractivity contribution in [1.29, 1.82) is 0 Å². The van der Waals surface area contributed by atoms with Crippen LogP contribution >= 0.6 is 11.6 Å². The number of benzene rings is 1. The molecule has 3 aromatic rings. The summed E-state index contributed by atoms with van der Waals surface area (Å²) in [4.78, 5) is 25.1. The fourth-order valence-electron chi connectivity index (χ4n) is 4.60. The quantitative estimate of drug-likeness (QED) is 0.565. The molecule has 33 heavy (non-hydrogen) atoms. The number of rotatable bonds is 4. The zero-order valence-corrected chi connectivity index (χ0v) is 19.6. The Balaban J connectivity index is 1.47. The molecule has 2 aliphatic rings. The van der Waals surface area contributed by atoms with Crippen LogP contribution in [0.3, 0.4) is 0 Å². The maximum Gasteiger partial charge on any atom is 0.227 e. The molecule has 0 bridgehead atoms. The van der Waals surface area contributed by atoms with E-state index in [-0.39, 0.29) is 11.9 Å². The van der Waals surface area contributed by atoms with Crippen LogP contribution in [0.25, 0.3) is 11.3 Å². The van der Waals surface area contributed by atoms with Crippen LogP contribution in [-0.4, -0.2) is 58.7 Å². The molecule has 0 radical (unpaired) electrons. The summed E-state index contributed by atoms with van der Waals surface area (Å²) in [7, 11) is 0. The normalized spacial score (nSPS) is 18.8. The number of hydrogen-bond donors (Lipinski definition) is 0. The summed E-state index contributed by atoms with van der Waals surface area (Å²) < 4.78 is 13.9. The van der Waals surface area contributed by atoms with Crippen LogP contribution in [0.15, 0.2) is 36.7 Å². The van der Waals surface area contributed by atoms with Crippen LogP contribution in [0, 0.1) is 12.7 Å². The molecule has 2 saturated heterocycles. The van der Waals surface area contributed by atoms with Crippen molar-refractivity contribution in [1.82, 2.24) is 19.9 Å². The van der Waals surface area contributed by atoms with E-state index in [4.69, 9.17) is 21.6 Å². The molecule has 1 aromatic carbocycles. The van der Waals surface area contributed by atoms with Crippen LogP contribution in [0.5, 0.6) is 0 Å². The number of hydrogen-bond acceptors (Lipinski definition) is 7. The zero-order valence-electron chi connectivity index (χ0n) is 18.9. The van der Waals surface area contributed by atoms with E-state index >= 15 is 0 Å². The molecule has 0 spiro atoms. The van der Waals surface area contributed by atoms with Crippen LogP contribution < -0.4 is 14.7 Å². The fourth-order valence-corrected chi connectivity index (χ4v) is 4.82. The molecular formula is C24H27ClFN7. The Bertz CT molecular complexity index is 1150. The van der Waals surface area contributed by atoms with Crippen molar-refractivity contribution in [2.45, 2.75) is 32.7 Å². The molecule has 0 unspecified atom stereocenters. The van der Waals surface area contributed by atoms with Crippen LogP contribution in [-0.2, 0) is 0 Å². The summed E-state index contributed by atoms with van der Waals surface area (Å²) >= 11 is 6.28. The fraction of sp³-hybridized carbons (Fsp3) is 0.417. The Hall–Kier alpha value is -3.00. The summed E-state index contributed by atoms with van der Waals surface area (Å²) in [6.07, 6.45) is 5.56. The standard InChI is InChI=1S/C24H27ClFN7/c1-16-13-18(5-6-19(16)26)20-14-21(30-24(29-20)31-9-3-4-10-31)33-12-11-32(15-17(33)2)23-22(25)27-7-8-28-23/h5-8,13-14,17H,3-4,9-12,15H2,1-2H3/t17-/m1/s1. The summed E-state index contributed by atoms with van der Waals surface area (Å²) in [6.45, 7) is 8.16. The van der Waals surface area contributed by atoms with Crippen molar-refractivity contribution in [3.63, 3.8) is 0 Å². The lowest BCUT2D eigenvalue weighted by atomic mass is 10.1. The van der Waals surface area contributed by atoms with Gasteiger partial charge in [-0.2, -0.15) is 4.98 Å². The topological polar surface area (TPSA) is 61.3 Å². The van der Waals surface area contributed by atoms with E-state index < -0.39 is 0 Å². The minimum atomic E-state index is -0.208. The second-order valence-electron chi connectivity index (χ2n) is 8.73. The summed E-state index contributed by atoms with van der Waals surface area (Å²) in [5.74, 6) is 2.14. The van der Waals surface area contributed by atoms with Crippen LogP contribution in [0.2, 0.25) is 5.15 Å². The average molecular weight is 468 g/mol. The number of aromatic nitrogens is 4. The van der Waals surface area contributed by atoms with Gasteiger partial charge in [0.2, 0.25) is 5.95 Å². The van der Waals surface area contributed by atoms with Gasteiger partial charge in [0.05, 0.1) is 5.69 Å². The molecule has 9 heteroatoms. The van der Waals surface area contributed by atoms with Crippen LogP contribution in [0.1, 0.15) is 25.3 Å². The summed E-state index contributed by atoms with van der Waals surface area (Å²) in [5.41, 5.74) is 2.32. The van der Waals surface area contributed by atoms with Gasteiger partial charge in [0, 0.05) is 62.8 Å². The van der Waals surface area contributed by atoms with Gasteiger partial charge in [-0.3, -0.25) is 0 Å². The van der Waals surface area contributed by atoms with E-state index in [1.807, 2.05) is 12.1 Å². The lowest BCUT2D eigenvalue weighted by molar-refractivity contribution is 0.542. The van der Waals surface area contributed by atoms with Gasteiger partial charge in [-0.15, -0.1) is 0 Å². The van der Waals surface area contributed by atoms with Gasteiger partial charge in [0.25, 0.3) is 0 Å². The number of aryl methyl sites for hydroxylation is 1. The van der Waals surface area contributed by atoms with Crippen molar-refractivity contribution in [2.75, 3.05) is 47.4 Å². The van der Waals surface area contributed by atoms with Gasteiger partial charge < -0.3 is 14.7 Å². The molecule has 1 atom stereocenters. The van der Waals surface area contributed by atoms with Gasteiger partial charge in [0.15, 0.2) is 11.0 Å². The summed E-state index contributed by atoms with van der Waals surface area (Å²) in [5, 5.41) is 0.422. The van der Waals surface area contributed by atoms with E-state index in [0.29, 0.717) is 16.5 Å². The van der Waals surface area contributed by atoms with Crippen molar-refractivity contribution < 1.29 is 4.39 Å². The van der Waals surface area contributed by atoms with E-state index in [1.165, 1.54) is 6.07 Å². The second-order valence-corrected chi connectivity index (χ2v) is 9.09. The molecule has 2 aromatic heterocycles. The number of piperazine rings is 1. The predicted octanol–water partition coefficient (Wildman–Crippen LogP) is 4.35. The number of anilines is 3. The van der Waals surface area contributed by atoms with E-state index in [2.05, 4.69) is 31.6 Å². The molecule has 4 heterocycles. The summed E-state index contributed by atoms with van der Waals surface area (Å²) in [6, 6.07) is 7.36. The molecule has 0 amide bonds. The number of halogens is 2. The van der Waals surface area contributed by atoms with Crippen molar-refractivity contribution in [3.8, 4) is 11.3 Å². The second kappa shape index (κ2) is 9.09.